The van der Waals surface area contributed by atoms with Crippen molar-refractivity contribution in [1.29, 1.82) is 0 Å². The Hall–Kier alpha value is -2.37. The summed E-state index contributed by atoms with van der Waals surface area (Å²) in [5.74, 6) is -0.872. The minimum Gasteiger partial charge on any atom is -0.481 e. The number of hydrazone groups is 1. The average Bonchev–Trinajstić information content (AvgIpc) is 2.83. The first kappa shape index (κ1) is 13.1. The van der Waals surface area contributed by atoms with Crippen molar-refractivity contribution in [3.63, 3.8) is 0 Å². The SMILES string of the molecule is NC(=O)N/N=C1\CC[C@](C(=O)O)(c2ccccc2)C1. The Morgan fingerprint density at radius 2 is 2.00 bits per heavy atom. The van der Waals surface area contributed by atoms with Gasteiger partial charge in [-0.15, -0.1) is 0 Å². The molecule has 0 aromatic heterocycles. The lowest BCUT2D eigenvalue weighted by atomic mass is 9.79. The number of nitrogens with two attached hydrogens (primary N) is 1. The topological polar surface area (TPSA) is 105 Å². The summed E-state index contributed by atoms with van der Waals surface area (Å²) < 4.78 is 0. The number of hydrogen-bond donors (Lipinski definition) is 3. The quantitative estimate of drug-likeness (QED) is 0.712. The molecule has 1 aromatic rings. The van der Waals surface area contributed by atoms with Crippen molar-refractivity contribution in [1.82, 2.24) is 5.43 Å². The van der Waals surface area contributed by atoms with Crippen LogP contribution in [0.2, 0.25) is 0 Å². The number of carboxylic acids is 1. The minimum absolute atomic E-state index is 0.284. The number of carboxylic acid groups (broad SMARTS) is 1. The van der Waals surface area contributed by atoms with E-state index in [0.29, 0.717) is 18.6 Å². The summed E-state index contributed by atoms with van der Waals surface area (Å²) in [6.07, 6.45) is 1.28. The third-order valence-electron chi connectivity index (χ3n) is 3.41. The van der Waals surface area contributed by atoms with E-state index < -0.39 is 17.4 Å². The highest BCUT2D eigenvalue weighted by Crippen LogP contribution is 2.40. The molecule has 0 spiro atoms. The molecule has 1 aliphatic rings. The zero-order chi connectivity index (χ0) is 13.9. The van der Waals surface area contributed by atoms with E-state index in [4.69, 9.17) is 5.73 Å². The van der Waals surface area contributed by atoms with E-state index in [1.54, 1.807) is 12.1 Å². The number of nitrogens with zero attached hydrogens (tertiary/aromatic N) is 1. The zero-order valence-electron chi connectivity index (χ0n) is 10.3. The van der Waals surface area contributed by atoms with Gasteiger partial charge in [-0.25, -0.2) is 10.2 Å². The molecule has 6 nitrogen and oxygen atoms in total. The van der Waals surface area contributed by atoms with Crippen molar-refractivity contribution < 1.29 is 14.7 Å². The van der Waals surface area contributed by atoms with Crippen LogP contribution in [0.4, 0.5) is 4.79 Å². The molecule has 4 N–H and O–H groups in total. The highest BCUT2D eigenvalue weighted by Gasteiger charge is 2.45. The van der Waals surface area contributed by atoms with Gasteiger partial charge in [0.2, 0.25) is 0 Å². The van der Waals surface area contributed by atoms with E-state index in [-0.39, 0.29) is 6.42 Å². The van der Waals surface area contributed by atoms with Gasteiger partial charge in [0.1, 0.15) is 0 Å². The van der Waals surface area contributed by atoms with Gasteiger partial charge in [-0.2, -0.15) is 5.10 Å². The molecule has 2 amide bonds. The van der Waals surface area contributed by atoms with Gasteiger partial charge in [-0.05, 0) is 18.4 Å². The summed E-state index contributed by atoms with van der Waals surface area (Å²) in [6, 6.07) is 8.34. The predicted octanol–water partition coefficient (Wildman–Crippen LogP) is 1.22. The number of carbonyl (C=O) groups is 2. The Kier molecular flexibility index (Phi) is 3.50. The molecule has 100 valence electrons. The van der Waals surface area contributed by atoms with Gasteiger partial charge in [0, 0.05) is 12.1 Å². The Morgan fingerprint density at radius 1 is 1.32 bits per heavy atom. The van der Waals surface area contributed by atoms with Crippen molar-refractivity contribution in [2.75, 3.05) is 0 Å². The van der Waals surface area contributed by atoms with Gasteiger partial charge >= 0.3 is 12.0 Å². The maximum absolute atomic E-state index is 11.6. The number of amides is 2. The first-order valence-corrected chi connectivity index (χ1v) is 5.94. The lowest BCUT2D eigenvalue weighted by Crippen LogP contribution is -2.33. The summed E-state index contributed by atoms with van der Waals surface area (Å²) in [5.41, 5.74) is 7.53. The van der Waals surface area contributed by atoms with Gasteiger partial charge in [-0.1, -0.05) is 30.3 Å². The first-order valence-electron chi connectivity index (χ1n) is 5.94. The van der Waals surface area contributed by atoms with E-state index in [0.717, 1.165) is 5.56 Å². The Bertz CT molecular complexity index is 527. The molecule has 1 aliphatic carbocycles. The molecule has 19 heavy (non-hydrogen) atoms. The molecule has 1 saturated carbocycles. The molecule has 0 aliphatic heterocycles. The summed E-state index contributed by atoms with van der Waals surface area (Å²) in [5, 5.41) is 13.4. The number of carbonyl (C=O) groups excluding carboxylic acids is 1. The minimum atomic E-state index is -0.959. The molecule has 0 heterocycles. The van der Waals surface area contributed by atoms with Gasteiger partial charge in [0.25, 0.3) is 0 Å². The maximum Gasteiger partial charge on any atom is 0.332 e. The van der Waals surface area contributed by atoms with Crippen LogP contribution in [0.15, 0.2) is 35.4 Å². The smallest absolute Gasteiger partial charge is 0.332 e. The van der Waals surface area contributed by atoms with Crippen LogP contribution < -0.4 is 11.2 Å². The lowest BCUT2D eigenvalue weighted by Gasteiger charge is -2.23. The molecule has 6 heteroatoms. The second kappa shape index (κ2) is 5.09. The number of hydrogen-bond acceptors (Lipinski definition) is 3. The molecule has 0 bridgehead atoms. The highest BCUT2D eigenvalue weighted by molar-refractivity contribution is 5.97. The molecule has 0 radical (unpaired) electrons. The fourth-order valence-corrected chi connectivity index (χ4v) is 2.42. The third kappa shape index (κ3) is 2.57. The van der Waals surface area contributed by atoms with E-state index >= 15 is 0 Å². The number of nitrogens with one attached hydrogen (secondary N) is 1. The molecular weight excluding hydrogens is 246 g/mol. The fraction of sp³-hybridized carbons (Fsp3) is 0.308. The monoisotopic (exact) mass is 261 g/mol. The van der Waals surface area contributed by atoms with Crippen LogP contribution >= 0.6 is 0 Å². The fourth-order valence-electron chi connectivity index (χ4n) is 2.42. The largest absolute Gasteiger partial charge is 0.481 e. The second-order valence-corrected chi connectivity index (χ2v) is 4.58. The molecule has 2 rings (SSSR count). The van der Waals surface area contributed by atoms with Gasteiger partial charge in [0.15, 0.2) is 0 Å². The van der Waals surface area contributed by atoms with E-state index in [1.807, 2.05) is 18.2 Å². The summed E-state index contributed by atoms with van der Waals surface area (Å²) in [7, 11) is 0. The highest BCUT2D eigenvalue weighted by atomic mass is 16.4. The Labute approximate surface area is 110 Å². The third-order valence-corrected chi connectivity index (χ3v) is 3.41. The zero-order valence-corrected chi connectivity index (χ0v) is 10.3. The Balaban J connectivity index is 2.28. The predicted molar refractivity (Wildman–Crippen MR) is 69.8 cm³/mol. The maximum atomic E-state index is 11.6. The number of rotatable bonds is 3. The number of urea groups is 1. The van der Waals surface area contributed by atoms with E-state index in [2.05, 4.69) is 10.5 Å². The van der Waals surface area contributed by atoms with Gasteiger partial charge in [-0.3, -0.25) is 4.79 Å². The molecule has 0 saturated heterocycles. The van der Waals surface area contributed by atoms with Crippen LogP contribution in [-0.4, -0.2) is 22.8 Å². The molecule has 1 fully saturated rings. The molecule has 0 unspecified atom stereocenters. The van der Waals surface area contributed by atoms with Crippen LogP contribution in [-0.2, 0) is 10.2 Å². The van der Waals surface area contributed by atoms with Crippen molar-refractivity contribution in [3.05, 3.63) is 35.9 Å². The molecule has 1 aromatic carbocycles. The van der Waals surface area contributed by atoms with Gasteiger partial charge in [0.05, 0.1) is 5.41 Å². The lowest BCUT2D eigenvalue weighted by molar-refractivity contribution is -0.143. The van der Waals surface area contributed by atoms with Gasteiger partial charge < -0.3 is 10.8 Å². The van der Waals surface area contributed by atoms with Crippen LogP contribution in [0.25, 0.3) is 0 Å². The summed E-state index contributed by atoms with van der Waals surface area (Å²) >= 11 is 0. The summed E-state index contributed by atoms with van der Waals surface area (Å²) in [6.45, 7) is 0. The van der Waals surface area contributed by atoms with Crippen LogP contribution in [0.3, 0.4) is 0 Å². The van der Waals surface area contributed by atoms with Crippen molar-refractivity contribution in [2.45, 2.75) is 24.7 Å². The van der Waals surface area contributed by atoms with E-state index in [9.17, 15) is 14.7 Å². The van der Waals surface area contributed by atoms with Crippen molar-refractivity contribution in [3.8, 4) is 0 Å². The normalized spacial score (nSPS) is 24.3. The Morgan fingerprint density at radius 3 is 2.58 bits per heavy atom. The van der Waals surface area contributed by atoms with Crippen molar-refractivity contribution >= 4 is 17.7 Å². The molecule has 1 atom stereocenters. The van der Waals surface area contributed by atoms with Crippen molar-refractivity contribution in [2.24, 2.45) is 10.8 Å². The van der Waals surface area contributed by atoms with Crippen LogP contribution in [0, 0.1) is 0 Å². The number of benzene rings is 1. The van der Waals surface area contributed by atoms with E-state index in [1.165, 1.54) is 0 Å². The van der Waals surface area contributed by atoms with Crippen LogP contribution in [0.5, 0.6) is 0 Å². The summed E-state index contributed by atoms with van der Waals surface area (Å²) in [4.78, 5) is 22.2. The number of primary amides is 1. The standard InChI is InChI=1S/C13H15N3O3/c14-12(19)16-15-10-6-7-13(8-10,11(17)18)9-4-2-1-3-5-9/h1-5H,6-8H2,(H,17,18)(H3,14,16,19)/b15-10+/t13-/m1/s1. The average molecular weight is 261 g/mol. The molecular formula is C13H15N3O3. The first-order chi connectivity index (χ1) is 9.04. The second-order valence-electron chi connectivity index (χ2n) is 4.58. The number of aliphatic carboxylic acids is 1. The van der Waals surface area contributed by atoms with Crippen LogP contribution in [0.1, 0.15) is 24.8 Å².